The van der Waals surface area contributed by atoms with Crippen LogP contribution in [0.2, 0.25) is 0 Å². The van der Waals surface area contributed by atoms with E-state index in [-0.39, 0.29) is 0 Å². The van der Waals surface area contributed by atoms with Crippen LogP contribution < -0.4 is 4.74 Å². The van der Waals surface area contributed by atoms with Crippen molar-refractivity contribution >= 4 is 12.2 Å². The number of rotatable bonds is 4. The summed E-state index contributed by atoms with van der Waals surface area (Å²) < 4.78 is 5.01. The second-order valence-electron chi connectivity index (χ2n) is 3.16. The largest absolute Gasteiger partial charge is 0.497 e. The molecule has 0 radical (unpaired) electrons. The molecular weight excluding hydrogens is 194 g/mol. The number of carbonyl (C=O) groups excluding carboxylic acids is 2. The van der Waals surface area contributed by atoms with Crippen molar-refractivity contribution in [1.29, 1.82) is 0 Å². The van der Waals surface area contributed by atoms with E-state index in [9.17, 15) is 9.59 Å². The van der Waals surface area contributed by atoms with Crippen LogP contribution in [-0.4, -0.2) is 31.3 Å². The first-order chi connectivity index (χ1) is 7.17. The molecule has 0 fully saturated rings. The molecule has 0 unspecified atom stereocenters. The Morgan fingerprint density at radius 2 is 2.00 bits per heavy atom. The Morgan fingerprint density at radius 1 is 1.40 bits per heavy atom. The summed E-state index contributed by atoms with van der Waals surface area (Å²) in [6.45, 7) is 0.418. The fourth-order valence-electron chi connectivity index (χ4n) is 1.17. The summed E-state index contributed by atoms with van der Waals surface area (Å²) in [5, 5.41) is 0. The minimum atomic E-state index is -0.522. The zero-order valence-corrected chi connectivity index (χ0v) is 8.77. The topological polar surface area (TPSA) is 46.6 Å². The molecule has 0 bridgehead atoms. The van der Waals surface area contributed by atoms with E-state index in [1.165, 1.54) is 4.90 Å². The van der Waals surface area contributed by atoms with E-state index in [0.717, 1.165) is 11.3 Å². The van der Waals surface area contributed by atoms with Crippen LogP contribution in [0.1, 0.15) is 5.56 Å². The SMILES string of the molecule is COc1ccc(CN(C)C(=O)C=O)cc1. The lowest BCUT2D eigenvalue weighted by Crippen LogP contribution is -2.26. The van der Waals surface area contributed by atoms with Gasteiger partial charge >= 0.3 is 0 Å². The summed E-state index contributed by atoms with van der Waals surface area (Å²) >= 11 is 0. The molecular formula is C11H13NO3. The number of ether oxygens (including phenoxy) is 1. The van der Waals surface area contributed by atoms with Gasteiger partial charge in [0.25, 0.3) is 5.91 Å². The zero-order valence-electron chi connectivity index (χ0n) is 8.77. The molecule has 4 nitrogen and oxygen atoms in total. The summed E-state index contributed by atoms with van der Waals surface area (Å²) in [5.41, 5.74) is 0.952. The number of hydrogen-bond donors (Lipinski definition) is 0. The standard InChI is InChI=1S/C11H13NO3/c1-12(11(14)8-13)7-9-3-5-10(15-2)6-4-9/h3-6,8H,7H2,1-2H3. The lowest BCUT2D eigenvalue weighted by atomic mass is 10.2. The van der Waals surface area contributed by atoms with Gasteiger partial charge in [-0.2, -0.15) is 0 Å². The minimum absolute atomic E-state index is 0.309. The van der Waals surface area contributed by atoms with Crippen LogP contribution in [0.5, 0.6) is 5.75 Å². The Morgan fingerprint density at radius 3 is 2.47 bits per heavy atom. The maximum atomic E-state index is 11.0. The number of amides is 1. The van der Waals surface area contributed by atoms with Crippen molar-refractivity contribution in [1.82, 2.24) is 4.90 Å². The maximum absolute atomic E-state index is 11.0. The molecule has 1 aromatic rings. The van der Waals surface area contributed by atoms with E-state index < -0.39 is 5.91 Å². The van der Waals surface area contributed by atoms with Crippen LogP contribution >= 0.6 is 0 Å². The van der Waals surface area contributed by atoms with Gasteiger partial charge in [0, 0.05) is 13.6 Å². The van der Waals surface area contributed by atoms with E-state index in [4.69, 9.17) is 4.74 Å². The summed E-state index contributed by atoms with van der Waals surface area (Å²) in [6.07, 6.45) is 0.309. The average Bonchev–Trinajstić information content (AvgIpc) is 2.29. The second kappa shape index (κ2) is 5.14. The Hall–Kier alpha value is -1.84. The highest BCUT2D eigenvalue weighted by Gasteiger charge is 2.06. The maximum Gasteiger partial charge on any atom is 0.286 e. The van der Waals surface area contributed by atoms with Crippen LogP contribution in [0, 0.1) is 0 Å². The number of likely N-dealkylation sites (N-methyl/N-ethyl adjacent to an activating group) is 1. The molecule has 1 rings (SSSR count). The van der Waals surface area contributed by atoms with E-state index >= 15 is 0 Å². The van der Waals surface area contributed by atoms with Gasteiger partial charge in [0.05, 0.1) is 7.11 Å². The van der Waals surface area contributed by atoms with Crippen LogP contribution in [-0.2, 0) is 16.1 Å². The van der Waals surface area contributed by atoms with Crippen molar-refractivity contribution in [3.8, 4) is 5.75 Å². The normalized spacial score (nSPS) is 9.47. The highest BCUT2D eigenvalue weighted by atomic mass is 16.5. The Kier molecular flexibility index (Phi) is 3.85. The van der Waals surface area contributed by atoms with Gasteiger partial charge in [-0.3, -0.25) is 9.59 Å². The van der Waals surface area contributed by atoms with Gasteiger partial charge in [0.15, 0.2) is 0 Å². The van der Waals surface area contributed by atoms with Crippen molar-refractivity contribution in [2.24, 2.45) is 0 Å². The highest BCUT2D eigenvalue weighted by molar-refractivity contribution is 6.23. The second-order valence-corrected chi connectivity index (χ2v) is 3.16. The number of carbonyl (C=O) groups is 2. The first-order valence-corrected chi connectivity index (χ1v) is 4.50. The lowest BCUT2D eigenvalue weighted by Gasteiger charge is -2.13. The summed E-state index contributed by atoms with van der Waals surface area (Å²) in [6, 6.07) is 7.34. The first-order valence-electron chi connectivity index (χ1n) is 4.50. The predicted molar refractivity (Wildman–Crippen MR) is 55.5 cm³/mol. The van der Waals surface area contributed by atoms with Crippen LogP contribution in [0.25, 0.3) is 0 Å². The van der Waals surface area contributed by atoms with Gasteiger partial charge in [-0.1, -0.05) is 12.1 Å². The highest BCUT2D eigenvalue weighted by Crippen LogP contribution is 2.12. The van der Waals surface area contributed by atoms with Crippen molar-refractivity contribution < 1.29 is 14.3 Å². The molecule has 0 aliphatic carbocycles. The predicted octanol–water partition coefficient (Wildman–Crippen LogP) is 0.853. The van der Waals surface area contributed by atoms with E-state index in [1.54, 1.807) is 14.2 Å². The molecule has 0 saturated carbocycles. The van der Waals surface area contributed by atoms with E-state index in [0.29, 0.717) is 12.8 Å². The number of nitrogens with zero attached hydrogens (tertiary/aromatic N) is 1. The summed E-state index contributed by atoms with van der Waals surface area (Å²) in [7, 11) is 3.18. The number of hydrogen-bond acceptors (Lipinski definition) is 3. The lowest BCUT2D eigenvalue weighted by molar-refractivity contribution is -0.138. The molecule has 0 N–H and O–H groups in total. The Balaban J connectivity index is 2.64. The molecule has 0 saturated heterocycles. The third-order valence-corrected chi connectivity index (χ3v) is 2.06. The number of benzene rings is 1. The molecule has 1 aromatic carbocycles. The monoisotopic (exact) mass is 207 g/mol. The zero-order chi connectivity index (χ0) is 11.3. The molecule has 15 heavy (non-hydrogen) atoms. The third-order valence-electron chi connectivity index (χ3n) is 2.06. The third kappa shape index (κ3) is 3.09. The van der Waals surface area contributed by atoms with Crippen LogP contribution in [0.4, 0.5) is 0 Å². The smallest absolute Gasteiger partial charge is 0.286 e. The number of methoxy groups -OCH3 is 1. The summed E-state index contributed by atoms with van der Waals surface area (Å²) in [4.78, 5) is 22.6. The molecule has 1 amide bonds. The Bertz CT molecular complexity index is 345. The van der Waals surface area contributed by atoms with Gasteiger partial charge in [-0.15, -0.1) is 0 Å². The van der Waals surface area contributed by atoms with Gasteiger partial charge in [0.1, 0.15) is 5.75 Å². The first kappa shape index (κ1) is 11.2. The van der Waals surface area contributed by atoms with Gasteiger partial charge in [-0.05, 0) is 17.7 Å². The van der Waals surface area contributed by atoms with Crippen LogP contribution in [0.15, 0.2) is 24.3 Å². The minimum Gasteiger partial charge on any atom is -0.497 e. The molecule has 0 heterocycles. The fourth-order valence-corrected chi connectivity index (χ4v) is 1.17. The molecule has 0 spiro atoms. The quantitative estimate of drug-likeness (QED) is 0.543. The van der Waals surface area contributed by atoms with Gasteiger partial charge < -0.3 is 9.64 Å². The van der Waals surface area contributed by atoms with Crippen molar-refractivity contribution in [2.45, 2.75) is 6.54 Å². The van der Waals surface area contributed by atoms with Gasteiger partial charge in [-0.25, -0.2) is 0 Å². The summed E-state index contributed by atoms with van der Waals surface area (Å²) in [5.74, 6) is 0.244. The molecule has 0 aromatic heterocycles. The fraction of sp³-hybridized carbons (Fsp3) is 0.273. The Labute approximate surface area is 88.5 Å². The molecule has 0 atom stereocenters. The van der Waals surface area contributed by atoms with Gasteiger partial charge in [0.2, 0.25) is 6.29 Å². The van der Waals surface area contributed by atoms with Crippen molar-refractivity contribution in [3.05, 3.63) is 29.8 Å². The van der Waals surface area contributed by atoms with E-state index in [1.807, 2.05) is 24.3 Å². The number of aldehydes is 1. The molecule has 0 aliphatic heterocycles. The van der Waals surface area contributed by atoms with E-state index in [2.05, 4.69) is 0 Å². The van der Waals surface area contributed by atoms with Crippen molar-refractivity contribution in [3.63, 3.8) is 0 Å². The van der Waals surface area contributed by atoms with Crippen LogP contribution in [0.3, 0.4) is 0 Å². The average molecular weight is 207 g/mol. The molecule has 80 valence electrons. The van der Waals surface area contributed by atoms with Crippen molar-refractivity contribution in [2.75, 3.05) is 14.2 Å². The molecule has 0 aliphatic rings. The molecule has 4 heteroatoms.